The highest BCUT2D eigenvalue weighted by molar-refractivity contribution is 7.10. The number of hydrogen-bond acceptors (Lipinski definition) is 3. The predicted molar refractivity (Wildman–Crippen MR) is 118 cm³/mol. The summed E-state index contributed by atoms with van der Waals surface area (Å²) in [4.78, 5) is 12.8. The lowest BCUT2D eigenvalue weighted by Gasteiger charge is -2.16. The Morgan fingerprint density at radius 2 is 1.88 bits per heavy atom. The van der Waals surface area contributed by atoms with Gasteiger partial charge in [-0.2, -0.15) is 18.3 Å². The van der Waals surface area contributed by atoms with E-state index in [4.69, 9.17) is 11.6 Å². The summed E-state index contributed by atoms with van der Waals surface area (Å²) in [5.41, 5.74) is 0.364. The topological polar surface area (TPSA) is 55.1 Å². The normalized spacial score (nSPS) is 12.7. The Morgan fingerprint density at radius 1 is 1.12 bits per heavy atom. The molecule has 0 spiro atoms. The molecule has 0 aliphatic heterocycles. The van der Waals surface area contributed by atoms with Gasteiger partial charge < -0.3 is 5.11 Å². The maximum absolute atomic E-state index is 13.5. The minimum Gasteiger partial charge on any atom is -0.478 e. The molecule has 4 rings (SSSR count). The number of rotatable bonds is 5. The van der Waals surface area contributed by atoms with Crippen LogP contribution >= 0.6 is 22.9 Å². The highest BCUT2D eigenvalue weighted by Crippen LogP contribution is 2.37. The van der Waals surface area contributed by atoms with E-state index < -0.39 is 17.8 Å². The van der Waals surface area contributed by atoms with Gasteiger partial charge in [0.25, 0.3) is 0 Å². The molecule has 0 fully saturated rings. The fourth-order valence-corrected chi connectivity index (χ4v) is 4.52. The van der Waals surface area contributed by atoms with Crippen molar-refractivity contribution in [3.8, 4) is 16.9 Å². The number of aromatic carboxylic acids is 1. The van der Waals surface area contributed by atoms with Gasteiger partial charge in [-0.15, -0.1) is 11.3 Å². The van der Waals surface area contributed by atoms with Crippen LogP contribution in [-0.2, 0) is 6.18 Å². The summed E-state index contributed by atoms with van der Waals surface area (Å²) in [6.07, 6.45) is -4.66. The van der Waals surface area contributed by atoms with E-state index in [0.717, 1.165) is 15.6 Å². The molecule has 1 unspecified atom stereocenters. The first-order valence-corrected chi connectivity index (χ1v) is 10.8. The fraction of sp³-hybridized carbons (Fsp3) is 0.130. The maximum atomic E-state index is 13.5. The number of hydrogen-bond donors (Lipinski definition) is 1. The van der Waals surface area contributed by atoms with Gasteiger partial charge in [0.05, 0.1) is 22.0 Å². The molecule has 9 heteroatoms. The first-order chi connectivity index (χ1) is 15.2. The molecule has 2 aromatic carbocycles. The summed E-state index contributed by atoms with van der Waals surface area (Å²) in [5, 5.41) is 15.6. The predicted octanol–water partition coefficient (Wildman–Crippen LogP) is 7.12. The van der Waals surface area contributed by atoms with Crippen molar-refractivity contribution in [3.63, 3.8) is 0 Å². The molecule has 164 valence electrons. The number of thiophene rings is 1. The Balaban J connectivity index is 1.93. The van der Waals surface area contributed by atoms with Crippen molar-refractivity contribution in [2.75, 3.05) is 0 Å². The Morgan fingerprint density at radius 3 is 2.50 bits per heavy atom. The molecule has 2 heterocycles. The molecule has 0 saturated heterocycles. The maximum Gasteiger partial charge on any atom is 0.435 e. The van der Waals surface area contributed by atoms with Crippen LogP contribution in [-0.4, -0.2) is 20.9 Å². The smallest absolute Gasteiger partial charge is 0.435 e. The SMILES string of the molecule is CC(c1cccs1)c1cc(-c2cc(C(F)(F)F)nn2-c2ccccc2Cl)ccc1C(=O)O. The van der Waals surface area contributed by atoms with Crippen LogP contribution in [0.5, 0.6) is 0 Å². The van der Waals surface area contributed by atoms with Crippen molar-refractivity contribution in [1.82, 2.24) is 9.78 Å². The van der Waals surface area contributed by atoms with Crippen molar-refractivity contribution in [2.45, 2.75) is 19.0 Å². The van der Waals surface area contributed by atoms with Gasteiger partial charge in [-0.05, 0) is 47.3 Å². The summed E-state index contributed by atoms with van der Waals surface area (Å²) >= 11 is 7.72. The summed E-state index contributed by atoms with van der Waals surface area (Å²) in [7, 11) is 0. The molecule has 4 nitrogen and oxygen atoms in total. The van der Waals surface area contributed by atoms with Crippen molar-refractivity contribution < 1.29 is 23.1 Å². The van der Waals surface area contributed by atoms with Gasteiger partial charge in [-0.25, -0.2) is 9.48 Å². The molecule has 0 amide bonds. The van der Waals surface area contributed by atoms with E-state index >= 15 is 0 Å². The third-order valence-corrected chi connectivity index (χ3v) is 6.47. The zero-order chi connectivity index (χ0) is 23.0. The lowest BCUT2D eigenvalue weighted by Crippen LogP contribution is -2.08. The van der Waals surface area contributed by atoms with Crippen LogP contribution in [0, 0.1) is 0 Å². The molecular weight excluding hydrogens is 461 g/mol. The molecule has 1 atom stereocenters. The van der Waals surface area contributed by atoms with Crippen LogP contribution in [0.15, 0.2) is 66.0 Å². The Bertz CT molecular complexity index is 1280. The van der Waals surface area contributed by atoms with Crippen LogP contribution in [0.1, 0.15) is 39.3 Å². The minimum atomic E-state index is -4.66. The summed E-state index contributed by atoms with van der Waals surface area (Å²) < 4.78 is 41.6. The number of alkyl halides is 3. The van der Waals surface area contributed by atoms with E-state index in [2.05, 4.69) is 5.10 Å². The van der Waals surface area contributed by atoms with E-state index in [0.29, 0.717) is 11.1 Å². The van der Waals surface area contributed by atoms with Crippen LogP contribution in [0.4, 0.5) is 13.2 Å². The summed E-state index contributed by atoms with van der Waals surface area (Å²) in [6.45, 7) is 1.86. The molecule has 0 aliphatic carbocycles. The van der Waals surface area contributed by atoms with Gasteiger partial charge in [0.15, 0.2) is 5.69 Å². The van der Waals surface area contributed by atoms with Gasteiger partial charge in [0.1, 0.15) is 0 Å². The second-order valence-corrected chi connectivity index (χ2v) is 8.51. The number of carbonyl (C=O) groups is 1. The summed E-state index contributed by atoms with van der Waals surface area (Å²) in [6, 6.07) is 15.7. The van der Waals surface area contributed by atoms with Gasteiger partial charge in [-0.3, -0.25) is 0 Å². The van der Waals surface area contributed by atoms with Crippen molar-refractivity contribution in [2.24, 2.45) is 0 Å². The average Bonchev–Trinajstić information content (AvgIpc) is 3.43. The third-order valence-electron chi connectivity index (χ3n) is 5.09. The van der Waals surface area contributed by atoms with E-state index in [1.807, 2.05) is 24.4 Å². The van der Waals surface area contributed by atoms with Crippen molar-refractivity contribution >= 4 is 28.9 Å². The van der Waals surface area contributed by atoms with Crippen LogP contribution in [0.25, 0.3) is 16.9 Å². The van der Waals surface area contributed by atoms with Crippen LogP contribution in [0.3, 0.4) is 0 Å². The molecule has 4 aromatic rings. The lowest BCUT2D eigenvalue weighted by molar-refractivity contribution is -0.141. The molecule has 0 radical (unpaired) electrons. The monoisotopic (exact) mass is 476 g/mol. The first kappa shape index (κ1) is 22.1. The molecule has 0 bridgehead atoms. The molecule has 2 aromatic heterocycles. The lowest BCUT2D eigenvalue weighted by atomic mass is 9.91. The molecule has 0 aliphatic rings. The van der Waals surface area contributed by atoms with Crippen LogP contribution in [0.2, 0.25) is 5.02 Å². The summed E-state index contributed by atoms with van der Waals surface area (Å²) in [5.74, 6) is -1.37. The van der Waals surface area contributed by atoms with E-state index in [-0.39, 0.29) is 27.9 Å². The number of para-hydroxylation sites is 1. The third kappa shape index (κ3) is 4.16. The van der Waals surface area contributed by atoms with Gasteiger partial charge in [-0.1, -0.05) is 42.8 Å². The standard InChI is InChI=1S/C23H16ClF3N2O2S/c1-13(20-7-4-10-32-20)16-11-14(8-9-15(16)22(30)31)19-12-21(23(25,26)27)28-29(19)18-6-3-2-5-17(18)24/h2-13H,1H3,(H,30,31). The number of nitrogens with zero attached hydrogens (tertiary/aromatic N) is 2. The number of halogens is 4. The quantitative estimate of drug-likeness (QED) is 0.333. The fourth-order valence-electron chi connectivity index (χ4n) is 3.50. The van der Waals surface area contributed by atoms with Crippen LogP contribution < -0.4 is 0 Å². The molecule has 32 heavy (non-hydrogen) atoms. The minimum absolute atomic E-state index is 0.0921. The largest absolute Gasteiger partial charge is 0.478 e. The van der Waals surface area contributed by atoms with Crippen molar-refractivity contribution in [1.29, 1.82) is 0 Å². The molecular formula is C23H16ClF3N2O2S. The highest BCUT2D eigenvalue weighted by atomic mass is 35.5. The number of benzene rings is 2. The Labute approximate surface area is 190 Å². The van der Waals surface area contributed by atoms with Gasteiger partial charge in [0.2, 0.25) is 0 Å². The van der Waals surface area contributed by atoms with E-state index in [9.17, 15) is 23.1 Å². The number of carboxylic acids is 1. The Kier molecular flexibility index (Phi) is 5.83. The molecule has 1 N–H and O–H groups in total. The molecule has 0 saturated carbocycles. The highest BCUT2D eigenvalue weighted by Gasteiger charge is 2.35. The zero-order valence-electron chi connectivity index (χ0n) is 16.6. The van der Waals surface area contributed by atoms with Gasteiger partial charge in [0, 0.05) is 16.4 Å². The Hall–Kier alpha value is -3.10. The van der Waals surface area contributed by atoms with E-state index in [1.54, 1.807) is 30.3 Å². The number of aromatic nitrogens is 2. The second-order valence-electron chi connectivity index (χ2n) is 7.12. The average molecular weight is 477 g/mol. The van der Waals surface area contributed by atoms with Gasteiger partial charge >= 0.3 is 12.1 Å². The van der Waals surface area contributed by atoms with E-state index in [1.165, 1.54) is 23.5 Å². The first-order valence-electron chi connectivity index (χ1n) is 9.50. The number of carboxylic acid groups (broad SMARTS) is 1. The van der Waals surface area contributed by atoms with Crippen molar-refractivity contribution in [3.05, 3.63) is 92.8 Å². The zero-order valence-corrected chi connectivity index (χ0v) is 18.2. The second kappa shape index (κ2) is 8.44.